The first-order valence-electron chi connectivity index (χ1n) is 5.48. The van der Waals surface area contributed by atoms with Crippen molar-refractivity contribution in [3.05, 3.63) is 29.3 Å². The van der Waals surface area contributed by atoms with Crippen LogP contribution in [0, 0.1) is 5.92 Å². The number of rotatable bonds is 5. The maximum Gasteiger partial charge on any atom is 0.170 e. The van der Waals surface area contributed by atoms with Crippen LogP contribution < -0.4 is 4.89 Å². The average Bonchev–Trinajstić information content (AvgIpc) is 2.27. The highest BCUT2D eigenvalue weighted by Gasteiger charge is 2.32. The lowest BCUT2D eigenvalue weighted by molar-refractivity contribution is -0.272. The van der Waals surface area contributed by atoms with Crippen molar-refractivity contribution in [2.45, 2.75) is 33.3 Å². The van der Waals surface area contributed by atoms with Gasteiger partial charge in [-0.15, -0.1) is 0 Å². The number of ketones is 1. The van der Waals surface area contributed by atoms with Gasteiger partial charge in [0.25, 0.3) is 0 Å². The van der Waals surface area contributed by atoms with Gasteiger partial charge in [0.2, 0.25) is 0 Å². The third-order valence-electron chi connectivity index (χ3n) is 2.28. The Balaban J connectivity index is 2.61. The summed E-state index contributed by atoms with van der Waals surface area (Å²) in [5.41, 5.74) is -0.964. The van der Waals surface area contributed by atoms with Crippen molar-refractivity contribution >= 4 is 17.4 Å². The quantitative estimate of drug-likeness (QED) is 0.596. The number of halogens is 1. The van der Waals surface area contributed by atoms with Crippen molar-refractivity contribution in [3.8, 4) is 5.75 Å². The Morgan fingerprint density at radius 2 is 1.76 bits per heavy atom. The van der Waals surface area contributed by atoms with E-state index >= 15 is 0 Å². The summed E-state index contributed by atoms with van der Waals surface area (Å²) < 4.78 is 0. The average molecular weight is 257 g/mol. The van der Waals surface area contributed by atoms with Crippen LogP contribution in [0.1, 0.15) is 27.7 Å². The van der Waals surface area contributed by atoms with E-state index in [1.807, 2.05) is 13.8 Å². The van der Waals surface area contributed by atoms with Crippen LogP contribution in [0.15, 0.2) is 24.3 Å². The molecule has 1 aromatic carbocycles. The predicted molar refractivity (Wildman–Crippen MR) is 67.1 cm³/mol. The highest BCUT2D eigenvalue weighted by Crippen LogP contribution is 2.21. The molecule has 0 unspecified atom stereocenters. The fraction of sp³-hybridized carbons (Fsp3) is 0.462. The third-order valence-corrected chi connectivity index (χ3v) is 2.53. The van der Waals surface area contributed by atoms with E-state index in [4.69, 9.17) is 21.4 Å². The summed E-state index contributed by atoms with van der Waals surface area (Å²) in [5.74, 6) is 0.407. The van der Waals surface area contributed by atoms with E-state index in [-0.39, 0.29) is 11.7 Å². The molecular weight excluding hydrogens is 240 g/mol. The molecule has 0 saturated carbocycles. The number of hydrogen-bond acceptors (Lipinski definition) is 3. The topological polar surface area (TPSA) is 35.5 Å². The van der Waals surface area contributed by atoms with E-state index in [2.05, 4.69) is 0 Å². The second-order valence-electron chi connectivity index (χ2n) is 4.65. The summed E-state index contributed by atoms with van der Waals surface area (Å²) >= 11 is 5.74. The lowest BCUT2D eigenvalue weighted by Crippen LogP contribution is -2.39. The molecule has 1 aromatic rings. The Labute approximate surface area is 107 Å². The third kappa shape index (κ3) is 4.02. The van der Waals surface area contributed by atoms with Gasteiger partial charge >= 0.3 is 0 Å². The largest absolute Gasteiger partial charge is 0.337 e. The van der Waals surface area contributed by atoms with Crippen LogP contribution in [0.2, 0.25) is 5.02 Å². The van der Waals surface area contributed by atoms with Crippen LogP contribution >= 0.6 is 11.6 Å². The van der Waals surface area contributed by atoms with Gasteiger partial charge in [-0.05, 0) is 38.1 Å². The maximum atomic E-state index is 11.8. The summed E-state index contributed by atoms with van der Waals surface area (Å²) in [6.45, 7) is 7.03. The molecule has 0 heterocycles. The Hall–Kier alpha value is -1.06. The van der Waals surface area contributed by atoms with E-state index < -0.39 is 5.60 Å². The number of hydrogen-bond donors (Lipinski definition) is 0. The minimum Gasteiger partial charge on any atom is -0.337 e. The smallest absolute Gasteiger partial charge is 0.170 e. The molecule has 0 N–H and O–H groups in total. The number of carbonyl (C=O) groups is 1. The van der Waals surface area contributed by atoms with Crippen LogP contribution in [-0.4, -0.2) is 11.4 Å². The number of carbonyl (C=O) groups excluding carboxylic acids is 1. The molecule has 3 nitrogen and oxygen atoms in total. The summed E-state index contributed by atoms with van der Waals surface area (Å²) in [5, 5.41) is 0.620. The van der Waals surface area contributed by atoms with Gasteiger partial charge in [-0.3, -0.25) is 4.79 Å². The second-order valence-corrected chi connectivity index (χ2v) is 5.09. The summed E-state index contributed by atoms with van der Waals surface area (Å²) in [4.78, 5) is 22.1. The SMILES string of the molecule is CC(C)C(=O)C(C)(C)OOc1ccc(Cl)cc1. The van der Waals surface area contributed by atoms with Gasteiger partial charge in [-0.1, -0.05) is 25.4 Å². The van der Waals surface area contributed by atoms with Gasteiger partial charge in [0.1, 0.15) is 0 Å². The first-order chi connectivity index (χ1) is 7.83. The fourth-order valence-corrected chi connectivity index (χ4v) is 1.50. The van der Waals surface area contributed by atoms with E-state index in [0.717, 1.165) is 0 Å². The van der Waals surface area contributed by atoms with Crippen LogP contribution in [-0.2, 0) is 9.68 Å². The molecule has 94 valence electrons. The first-order valence-corrected chi connectivity index (χ1v) is 5.86. The fourth-order valence-electron chi connectivity index (χ4n) is 1.38. The highest BCUT2D eigenvalue weighted by molar-refractivity contribution is 6.30. The number of Topliss-reactive ketones (excluding diaryl/α,β-unsaturated/α-hetero) is 1. The Kier molecular flexibility index (Phi) is 4.54. The van der Waals surface area contributed by atoms with E-state index in [1.54, 1.807) is 38.1 Å². The molecule has 0 aliphatic heterocycles. The molecule has 0 aromatic heterocycles. The molecule has 0 radical (unpaired) electrons. The Bertz CT molecular complexity index is 382. The highest BCUT2D eigenvalue weighted by atomic mass is 35.5. The van der Waals surface area contributed by atoms with E-state index in [9.17, 15) is 4.79 Å². The van der Waals surface area contributed by atoms with Crippen molar-refractivity contribution in [1.82, 2.24) is 0 Å². The Morgan fingerprint density at radius 3 is 2.24 bits per heavy atom. The van der Waals surface area contributed by atoms with Crippen molar-refractivity contribution in [2.24, 2.45) is 5.92 Å². The van der Waals surface area contributed by atoms with Gasteiger partial charge in [-0.25, -0.2) is 0 Å². The maximum absolute atomic E-state index is 11.8. The van der Waals surface area contributed by atoms with Crippen molar-refractivity contribution in [3.63, 3.8) is 0 Å². The molecule has 0 amide bonds. The molecule has 1 rings (SSSR count). The van der Waals surface area contributed by atoms with Crippen molar-refractivity contribution in [1.29, 1.82) is 0 Å². The first kappa shape index (κ1) is 14.0. The number of benzene rings is 1. The summed E-state index contributed by atoms with van der Waals surface area (Å²) in [6.07, 6.45) is 0. The molecule has 0 fully saturated rings. The van der Waals surface area contributed by atoms with Gasteiger partial charge in [0, 0.05) is 10.9 Å². The predicted octanol–water partition coefficient (Wildman–Crippen LogP) is 3.65. The minimum atomic E-state index is -0.964. The van der Waals surface area contributed by atoms with Crippen LogP contribution in [0.3, 0.4) is 0 Å². The molecule has 0 atom stereocenters. The lowest BCUT2D eigenvalue weighted by atomic mass is 9.94. The molecular formula is C13H17ClO3. The van der Waals surface area contributed by atoms with Crippen LogP contribution in [0.4, 0.5) is 0 Å². The molecule has 17 heavy (non-hydrogen) atoms. The zero-order valence-corrected chi connectivity index (χ0v) is 11.2. The van der Waals surface area contributed by atoms with Gasteiger partial charge in [0.15, 0.2) is 17.1 Å². The van der Waals surface area contributed by atoms with Gasteiger partial charge in [0.05, 0.1) is 0 Å². The molecule has 0 aliphatic carbocycles. The summed E-state index contributed by atoms with van der Waals surface area (Å²) in [6, 6.07) is 6.74. The van der Waals surface area contributed by atoms with Crippen LogP contribution in [0.5, 0.6) is 5.75 Å². The van der Waals surface area contributed by atoms with E-state index in [0.29, 0.717) is 10.8 Å². The van der Waals surface area contributed by atoms with Gasteiger partial charge < -0.3 is 4.89 Å². The van der Waals surface area contributed by atoms with Gasteiger partial charge in [-0.2, -0.15) is 4.89 Å². The molecule has 0 aliphatic rings. The standard InChI is InChI=1S/C13H17ClO3/c1-9(2)12(15)13(3,4)17-16-11-7-5-10(14)6-8-11/h5-9H,1-4H3. The van der Waals surface area contributed by atoms with Crippen LogP contribution in [0.25, 0.3) is 0 Å². The minimum absolute atomic E-state index is 0.00790. The molecule has 4 heteroatoms. The Morgan fingerprint density at radius 1 is 1.24 bits per heavy atom. The zero-order chi connectivity index (χ0) is 13.1. The molecule has 0 saturated heterocycles. The van der Waals surface area contributed by atoms with Crippen molar-refractivity contribution in [2.75, 3.05) is 0 Å². The van der Waals surface area contributed by atoms with E-state index in [1.165, 1.54) is 0 Å². The lowest BCUT2D eigenvalue weighted by Gasteiger charge is -2.23. The zero-order valence-electron chi connectivity index (χ0n) is 10.5. The van der Waals surface area contributed by atoms with Crippen molar-refractivity contribution < 1.29 is 14.6 Å². The molecule has 0 spiro atoms. The normalized spacial score (nSPS) is 11.6. The second kappa shape index (κ2) is 5.52. The monoisotopic (exact) mass is 256 g/mol. The molecule has 0 bridgehead atoms. The summed E-state index contributed by atoms with van der Waals surface area (Å²) in [7, 11) is 0.